The van der Waals surface area contributed by atoms with Crippen LogP contribution in [-0.2, 0) is 6.54 Å². The number of rotatable bonds is 2. The van der Waals surface area contributed by atoms with E-state index in [-0.39, 0.29) is 0 Å². The molecule has 5 heteroatoms. The second-order valence-corrected chi connectivity index (χ2v) is 4.46. The van der Waals surface area contributed by atoms with Gasteiger partial charge < -0.3 is 9.55 Å². The van der Waals surface area contributed by atoms with Gasteiger partial charge in [-0.1, -0.05) is 0 Å². The first-order chi connectivity index (χ1) is 6.25. The van der Waals surface area contributed by atoms with Crippen LogP contribution in [-0.4, -0.2) is 14.5 Å². The monoisotopic (exact) mass is 211 g/mol. The smallest absolute Gasteiger partial charge is 0.177 e. The van der Waals surface area contributed by atoms with Crippen LogP contribution in [0.5, 0.6) is 0 Å². The average Bonchev–Trinajstić information content (AvgIpc) is 2.64. The SMILES string of the molecule is Cc1cnc(Cn2cc[nH]c2=S)s1. The zero-order valence-electron chi connectivity index (χ0n) is 7.15. The van der Waals surface area contributed by atoms with Crippen molar-refractivity contribution in [3.05, 3.63) is 33.2 Å². The van der Waals surface area contributed by atoms with Crippen LogP contribution in [0.2, 0.25) is 0 Å². The molecule has 13 heavy (non-hydrogen) atoms. The van der Waals surface area contributed by atoms with Gasteiger partial charge >= 0.3 is 0 Å². The molecule has 2 rings (SSSR count). The molecule has 0 saturated carbocycles. The first-order valence-electron chi connectivity index (χ1n) is 3.91. The Morgan fingerprint density at radius 2 is 2.54 bits per heavy atom. The van der Waals surface area contributed by atoms with E-state index >= 15 is 0 Å². The molecule has 0 amide bonds. The molecule has 0 aliphatic carbocycles. The predicted molar refractivity (Wildman–Crippen MR) is 55.6 cm³/mol. The fourth-order valence-electron chi connectivity index (χ4n) is 1.09. The molecule has 68 valence electrons. The summed E-state index contributed by atoms with van der Waals surface area (Å²) in [6, 6.07) is 0. The molecule has 0 radical (unpaired) electrons. The van der Waals surface area contributed by atoms with E-state index in [1.165, 1.54) is 4.88 Å². The molecular formula is C8H9N3S2. The fourth-order valence-corrected chi connectivity index (χ4v) is 2.07. The molecule has 0 atom stereocenters. The highest BCUT2D eigenvalue weighted by Crippen LogP contribution is 2.12. The molecule has 0 bridgehead atoms. The fraction of sp³-hybridized carbons (Fsp3) is 0.250. The molecule has 0 unspecified atom stereocenters. The Morgan fingerprint density at radius 1 is 1.69 bits per heavy atom. The molecule has 2 aromatic heterocycles. The molecule has 2 aromatic rings. The number of hydrogen-bond acceptors (Lipinski definition) is 3. The van der Waals surface area contributed by atoms with Crippen molar-refractivity contribution in [2.24, 2.45) is 0 Å². The number of nitrogens with zero attached hydrogens (tertiary/aromatic N) is 2. The van der Waals surface area contributed by atoms with E-state index in [9.17, 15) is 0 Å². The Bertz CT molecular complexity index is 452. The maximum absolute atomic E-state index is 5.08. The third-order valence-corrected chi connectivity index (χ3v) is 2.95. The minimum absolute atomic E-state index is 0.743. The zero-order valence-corrected chi connectivity index (χ0v) is 8.78. The topological polar surface area (TPSA) is 33.6 Å². The van der Waals surface area contributed by atoms with Gasteiger partial charge in [-0.2, -0.15) is 0 Å². The number of nitrogens with one attached hydrogen (secondary N) is 1. The molecule has 3 nitrogen and oxygen atoms in total. The second-order valence-electron chi connectivity index (χ2n) is 2.76. The first kappa shape index (κ1) is 8.65. The van der Waals surface area contributed by atoms with Gasteiger partial charge in [-0.3, -0.25) is 0 Å². The van der Waals surface area contributed by atoms with Gasteiger partial charge in [-0.25, -0.2) is 4.98 Å². The first-order valence-corrected chi connectivity index (χ1v) is 5.13. The lowest BCUT2D eigenvalue weighted by molar-refractivity contribution is 0.778. The van der Waals surface area contributed by atoms with E-state index in [0.717, 1.165) is 16.3 Å². The van der Waals surface area contributed by atoms with Gasteiger partial charge in [0.2, 0.25) is 0 Å². The van der Waals surface area contributed by atoms with Crippen molar-refractivity contribution in [1.29, 1.82) is 0 Å². The minimum atomic E-state index is 0.743. The lowest BCUT2D eigenvalue weighted by Gasteiger charge is -1.96. The van der Waals surface area contributed by atoms with Gasteiger partial charge in [0.15, 0.2) is 4.77 Å². The number of hydrogen-bond donors (Lipinski definition) is 1. The molecular weight excluding hydrogens is 202 g/mol. The van der Waals surface area contributed by atoms with Crippen LogP contribution in [0.4, 0.5) is 0 Å². The van der Waals surface area contributed by atoms with Gasteiger partial charge in [0.25, 0.3) is 0 Å². The molecule has 0 saturated heterocycles. The van der Waals surface area contributed by atoms with E-state index in [1.807, 2.05) is 23.2 Å². The summed E-state index contributed by atoms with van der Waals surface area (Å²) >= 11 is 6.78. The van der Waals surface area contributed by atoms with Crippen molar-refractivity contribution < 1.29 is 0 Å². The summed E-state index contributed by atoms with van der Waals surface area (Å²) in [6.07, 6.45) is 5.65. The largest absolute Gasteiger partial charge is 0.337 e. The van der Waals surface area contributed by atoms with Gasteiger partial charge in [0.05, 0.1) is 6.54 Å². The van der Waals surface area contributed by atoms with Gasteiger partial charge in [-0.05, 0) is 19.1 Å². The Labute approximate surface area is 85.1 Å². The molecule has 0 aliphatic heterocycles. The number of aromatic nitrogens is 3. The predicted octanol–water partition coefficient (Wildman–Crippen LogP) is 2.36. The summed E-state index contributed by atoms with van der Waals surface area (Å²) in [5.74, 6) is 0. The Kier molecular flexibility index (Phi) is 2.28. The molecule has 2 heterocycles. The number of aryl methyl sites for hydroxylation is 1. The lowest BCUT2D eigenvalue weighted by Crippen LogP contribution is -1.96. The zero-order chi connectivity index (χ0) is 9.26. The number of thiazole rings is 1. The standard InChI is InChI=1S/C8H9N3S2/c1-6-4-10-7(13-6)5-11-3-2-9-8(11)12/h2-4H,5H2,1H3,(H,9,12). The maximum Gasteiger partial charge on any atom is 0.177 e. The second kappa shape index (κ2) is 3.43. The average molecular weight is 211 g/mol. The molecule has 0 spiro atoms. The highest BCUT2D eigenvalue weighted by Gasteiger charge is 1.99. The van der Waals surface area contributed by atoms with Crippen molar-refractivity contribution in [2.75, 3.05) is 0 Å². The van der Waals surface area contributed by atoms with E-state index in [2.05, 4.69) is 16.9 Å². The summed E-state index contributed by atoms with van der Waals surface area (Å²) in [6.45, 7) is 2.82. The highest BCUT2D eigenvalue weighted by molar-refractivity contribution is 7.71. The lowest BCUT2D eigenvalue weighted by atomic mass is 10.6. The van der Waals surface area contributed by atoms with Crippen molar-refractivity contribution in [3.63, 3.8) is 0 Å². The van der Waals surface area contributed by atoms with Gasteiger partial charge in [0, 0.05) is 23.5 Å². The van der Waals surface area contributed by atoms with Crippen molar-refractivity contribution in [1.82, 2.24) is 14.5 Å². The molecule has 1 N–H and O–H groups in total. The number of imidazole rings is 1. The van der Waals surface area contributed by atoms with Crippen LogP contribution >= 0.6 is 23.6 Å². The third kappa shape index (κ3) is 1.87. The van der Waals surface area contributed by atoms with E-state index in [4.69, 9.17) is 12.2 Å². The van der Waals surface area contributed by atoms with E-state index < -0.39 is 0 Å². The summed E-state index contributed by atoms with van der Waals surface area (Å²) in [4.78, 5) is 8.45. The van der Waals surface area contributed by atoms with Crippen molar-refractivity contribution in [2.45, 2.75) is 13.5 Å². The van der Waals surface area contributed by atoms with Crippen LogP contribution in [0.15, 0.2) is 18.6 Å². The van der Waals surface area contributed by atoms with Crippen molar-refractivity contribution in [3.8, 4) is 0 Å². The summed E-state index contributed by atoms with van der Waals surface area (Å²) in [7, 11) is 0. The van der Waals surface area contributed by atoms with Crippen LogP contribution in [0.1, 0.15) is 9.88 Å². The van der Waals surface area contributed by atoms with Gasteiger partial charge in [0.1, 0.15) is 5.01 Å². The van der Waals surface area contributed by atoms with Crippen LogP contribution in [0.3, 0.4) is 0 Å². The Hall–Kier alpha value is -0.940. The summed E-state index contributed by atoms with van der Waals surface area (Å²) in [5.41, 5.74) is 0. The Balaban J connectivity index is 2.24. The summed E-state index contributed by atoms with van der Waals surface area (Å²) in [5, 5.41) is 1.09. The Morgan fingerprint density at radius 3 is 3.08 bits per heavy atom. The molecule has 0 fully saturated rings. The minimum Gasteiger partial charge on any atom is -0.337 e. The van der Waals surface area contributed by atoms with Crippen LogP contribution in [0, 0.1) is 11.7 Å². The molecule has 0 aliphatic rings. The highest BCUT2D eigenvalue weighted by atomic mass is 32.1. The van der Waals surface area contributed by atoms with Gasteiger partial charge in [-0.15, -0.1) is 11.3 Å². The number of aromatic amines is 1. The normalized spacial score (nSPS) is 10.5. The maximum atomic E-state index is 5.08. The summed E-state index contributed by atoms with van der Waals surface area (Å²) < 4.78 is 2.71. The van der Waals surface area contributed by atoms with Crippen LogP contribution in [0.25, 0.3) is 0 Å². The number of H-pyrrole nitrogens is 1. The third-order valence-electron chi connectivity index (χ3n) is 1.70. The van der Waals surface area contributed by atoms with Crippen LogP contribution < -0.4 is 0 Å². The van der Waals surface area contributed by atoms with Crippen molar-refractivity contribution >= 4 is 23.6 Å². The van der Waals surface area contributed by atoms with E-state index in [1.54, 1.807) is 11.3 Å². The van der Waals surface area contributed by atoms with E-state index in [0.29, 0.717) is 0 Å². The molecule has 0 aromatic carbocycles. The quantitative estimate of drug-likeness (QED) is 0.774.